The first kappa shape index (κ1) is 15.7. The van der Waals surface area contributed by atoms with E-state index in [2.05, 4.69) is 0 Å². The lowest BCUT2D eigenvalue weighted by Gasteiger charge is -2.17. The number of carbonyl (C=O) groups is 1. The Morgan fingerprint density at radius 2 is 1.88 bits per heavy atom. The molecule has 16 heavy (non-hydrogen) atoms. The lowest BCUT2D eigenvalue weighted by molar-refractivity contribution is -0.142. The van der Waals surface area contributed by atoms with Crippen molar-refractivity contribution in [2.24, 2.45) is 0 Å². The highest BCUT2D eigenvalue weighted by atomic mass is 32.2. The molecule has 0 rings (SSSR count). The van der Waals surface area contributed by atoms with Gasteiger partial charge in [-0.3, -0.25) is 4.79 Å². The van der Waals surface area contributed by atoms with Crippen LogP contribution in [0, 0.1) is 0 Å². The molecular weight excluding hydrogens is 251 g/mol. The fourth-order valence-corrected chi connectivity index (χ4v) is 1.69. The van der Waals surface area contributed by atoms with E-state index < -0.39 is 24.9 Å². The van der Waals surface area contributed by atoms with Gasteiger partial charge in [-0.1, -0.05) is 18.7 Å². The van der Waals surface area contributed by atoms with Gasteiger partial charge in [0.15, 0.2) is 5.12 Å². The van der Waals surface area contributed by atoms with Gasteiger partial charge in [-0.15, -0.1) is 0 Å². The van der Waals surface area contributed by atoms with Crippen LogP contribution in [0.2, 0.25) is 0 Å². The van der Waals surface area contributed by atoms with Crippen molar-refractivity contribution in [2.75, 3.05) is 5.75 Å². The molecule has 0 saturated heterocycles. The Morgan fingerprint density at radius 3 is 2.31 bits per heavy atom. The Balaban J connectivity index is 3.82. The molecular formula is C9H13F5OS. The molecule has 1 unspecified atom stereocenters. The van der Waals surface area contributed by atoms with Crippen molar-refractivity contribution < 1.29 is 26.7 Å². The van der Waals surface area contributed by atoms with Gasteiger partial charge in [0.05, 0.1) is 0 Å². The minimum absolute atomic E-state index is 0.0349. The Bertz CT molecular complexity index is 222. The monoisotopic (exact) mass is 264 g/mol. The molecule has 0 aromatic rings. The van der Waals surface area contributed by atoms with E-state index in [0.29, 0.717) is 0 Å². The first-order chi connectivity index (χ1) is 7.29. The van der Waals surface area contributed by atoms with Crippen LogP contribution in [0.4, 0.5) is 22.0 Å². The number of hydrogen-bond donors (Lipinski definition) is 0. The maximum absolute atomic E-state index is 12.9. The number of carbonyl (C=O) groups excluding carboxylic acids is 1. The van der Waals surface area contributed by atoms with Crippen molar-refractivity contribution in [3.8, 4) is 0 Å². The molecule has 96 valence electrons. The van der Waals surface area contributed by atoms with Crippen LogP contribution in [-0.2, 0) is 4.79 Å². The second-order valence-electron chi connectivity index (χ2n) is 3.23. The molecule has 0 aromatic heterocycles. The van der Waals surface area contributed by atoms with Crippen LogP contribution in [0.5, 0.6) is 0 Å². The van der Waals surface area contributed by atoms with Gasteiger partial charge in [-0.2, -0.15) is 0 Å². The standard InChI is InChI=1S/C9H13F5OS/c1-2-7(15)16-4-3-6(10)5-9(13,14)8(11)12/h6,8H,2-5H2,1H3. The van der Waals surface area contributed by atoms with Crippen molar-refractivity contribution in [3.05, 3.63) is 0 Å². The van der Waals surface area contributed by atoms with Crippen molar-refractivity contribution in [2.45, 2.75) is 44.7 Å². The smallest absolute Gasteiger partial charge is 0.287 e. The molecule has 0 aliphatic carbocycles. The minimum atomic E-state index is -4.29. The Labute approximate surface area is 94.8 Å². The van der Waals surface area contributed by atoms with Crippen LogP contribution in [0.25, 0.3) is 0 Å². The first-order valence-corrected chi connectivity index (χ1v) is 5.73. The summed E-state index contributed by atoms with van der Waals surface area (Å²) in [5, 5.41) is -0.173. The second-order valence-corrected chi connectivity index (χ2v) is 4.38. The minimum Gasteiger partial charge on any atom is -0.287 e. The highest BCUT2D eigenvalue weighted by molar-refractivity contribution is 8.13. The average molecular weight is 264 g/mol. The Morgan fingerprint density at radius 1 is 1.31 bits per heavy atom. The maximum Gasteiger partial charge on any atom is 0.310 e. The van der Waals surface area contributed by atoms with Crippen LogP contribution >= 0.6 is 11.8 Å². The largest absolute Gasteiger partial charge is 0.310 e. The predicted molar refractivity (Wildman–Crippen MR) is 52.8 cm³/mol. The van der Waals surface area contributed by atoms with Crippen LogP contribution in [-0.4, -0.2) is 29.4 Å². The molecule has 0 saturated carbocycles. The Kier molecular flexibility index (Phi) is 6.94. The molecule has 1 atom stereocenters. The molecule has 0 bridgehead atoms. The topological polar surface area (TPSA) is 17.1 Å². The predicted octanol–water partition coefficient (Wildman–Crippen LogP) is 3.67. The van der Waals surface area contributed by atoms with E-state index in [1.54, 1.807) is 6.92 Å². The number of halogens is 5. The molecule has 7 heteroatoms. The van der Waals surface area contributed by atoms with Crippen molar-refractivity contribution in [3.63, 3.8) is 0 Å². The summed E-state index contributed by atoms with van der Waals surface area (Å²) in [4.78, 5) is 10.8. The highest BCUT2D eigenvalue weighted by Gasteiger charge is 2.42. The van der Waals surface area contributed by atoms with Gasteiger partial charge in [-0.05, 0) is 6.42 Å². The molecule has 0 N–H and O–H groups in total. The van der Waals surface area contributed by atoms with Gasteiger partial charge in [0.2, 0.25) is 0 Å². The lowest BCUT2D eigenvalue weighted by atomic mass is 10.1. The van der Waals surface area contributed by atoms with E-state index in [0.717, 1.165) is 11.8 Å². The van der Waals surface area contributed by atoms with Gasteiger partial charge >= 0.3 is 12.3 Å². The Hall–Kier alpha value is -0.330. The summed E-state index contributed by atoms with van der Waals surface area (Å²) in [6.45, 7) is 1.62. The summed E-state index contributed by atoms with van der Waals surface area (Å²) in [6, 6.07) is 0. The first-order valence-electron chi connectivity index (χ1n) is 4.75. The third-order valence-electron chi connectivity index (χ3n) is 1.80. The molecule has 0 heterocycles. The zero-order valence-corrected chi connectivity index (χ0v) is 9.51. The SMILES string of the molecule is CCC(=O)SCCC(F)CC(F)(F)C(F)F. The second kappa shape index (κ2) is 7.09. The van der Waals surface area contributed by atoms with Gasteiger partial charge < -0.3 is 0 Å². The zero-order chi connectivity index (χ0) is 12.8. The highest BCUT2D eigenvalue weighted by Crippen LogP contribution is 2.30. The lowest BCUT2D eigenvalue weighted by Crippen LogP contribution is -2.30. The van der Waals surface area contributed by atoms with Crippen molar-refractivity contribution in [1.29, 1.82) is 0 Å². The van der Waals surface area contributed by atoms with Crippen LogP contribution in [0.3, 0.4) is 0 Å². The molecule has 0 fully saturated rings. The van der Waals surface area contributed by atoms with Crippen LogP contribution < -0.4 is 0 Å². The fraction of sp³-hybridized carbons (Fsp3) is 0.889. The van der Waals surface area contributed by atoms with Gasteiger partial charge in [0.25, 0.3) is 0 Å². The summed E-state index contributed by atoms with van der Waals surface area (Å²) < 4.78 is 61.0. The van der Waals surface area contributed by atoms with Crippen molar-refractivity contribution >= 4 is 16.9 Å². The van der Waals surface area contributed by atoms with E-state index in [9.17, 15) is 26.7 Å². The molecule has 0 amide bonds. The maximum atomic E-state index is 12.9. The number of rotatable bonds is 7. The summed E-state index contributed by atoms with van der Waals surface area (Å²) in [6.07, 6.45) is -7.41. The van der Waals surface area contributed by atoms with Gasteiger partial charge in [0, 0.05) is 18.6 Å². The van der Waals surface area contributed by atoms with E-state index >= 15 is 0 Å². The quantitative estimate of drug-likeness (QED) is 0.652. The third kappa shape index (κ3) is 6.30. The average Bonchev–Trinajstić information content (AvgIpc) is 2.16. The summed E-state index contributed by atoms with van der Waals surface area (Å²) in [5.74, 6) is -4.26. The summed E-state index contributed by atoms with van der Waals surface area (Å²) >= 11 is 0.828. The number of alkyl halides is 5. The zero-order valence-electron chi connectivity index (χ0n) is 8.69. The van der Waals surface area contributed by atoms with Gasteiger partial charge in [-0.25, -0.2) is 22.0 Å². The number of thioether (sulfide) groups is 1. The summed E-state index contributed by atoms with van der Waals surface area (Å²) in [5.41, 5.74) is 0. The molecule has 0 aromatic carbocycles. The van der Waals surface area contributed by atoms with Crippen LogP contribution in [0.15, 0.2) is 0 Å². The van der Waals surface area contributed by atoms with E-state index in [-0.39, 0.29) is 23.7 Å². The van der Waals surface area contributed by atoms with E-state index in [1.807, 2.05) is 0 Å². The third-order valence-corrected chi connectivity index (χ3v) is 2.85. The van der Waals surface area contributed by atoms with Gasteiger partial charge in [0.1, 0.15) is 6.17 Å². The summed E-state index contributed by atoms with van der Waals surface area (Å²) in [7, 11) is 0. The van der Waals surface area contributed by atoms with E-state index in [1.165, 1.54) is 0 Å². The fourth-order valence-electron chi connectivity index (χ4n) is 0.889. The molecule has 1 nitrogen and oxygen atoms in total. The molecule has 0 spiro atoms. The molecule has 0 radical (unpaired) electrons. The molecule has 0 aliphatic heterocycles. The van der Waals surface area contributed by atoms with Crippen LogP contribution in [0.1, 0.15) is 26.2 Å². The van der Waals surface area contributed by atoms with E-state index in [4.69, 9.17) is 0 Å². The van der Waals surface area contributed by atoms with Crippen molar-refractivity contribution in [1.82, 2.24) is 0 Å². The molecule has 0 aliphatic rings. The normalized spacial score (nSPS) is 14.2. The number of hydrogen-bond acceptors (Lipinski definition) is 2.